The van der Waals surface area contributed by atoms with Crippen molar-refractivity contribution in [3.8, 4) is 0 Å². The summed E-state index contributed by atoms with van der Waals surface area (Å²) in [4.78, 5) is 3.67. The number of hydrazine groups is 1. The van der Waals surface area contributed by atoms with Gasteiger partial charge in [-0.2, -0.15) is 13.9 Å². The van der Waals surface area contributed by atoms with Crippen molar-refractivity contribution in [1.29, 1.82) is 0 Å². The van der Waals surface area contributed by atoms with Gasteiger partial charge in [-0.3, -0.25) is 9.99 Å². The van der Waals surface area contributed by atoms with Crippen molar-refractivity contribution in [3.05, 3.63) is 64.2 Å². The summed E-state index contributed by atoms with van der Waals surface area (Å²) in [7, 11) is 0. The molecule has 0 saturated heterocycles. The minimum Gasteiger partial charge on any atom is -0.322 e. The van der Waals surface area contributed by atoms with Crippen LogP contribution in [0.5, 0.6) is 0 Å². The normalized spacial score (nSPS) is 13.2. The van der Waals surface area contributed by atoms with Crippen LogP contribution in [0, 0.1) is 12.7 Å². The first-order chi connectivity index (χ1) is 11.8. The molecular weight excluding hydrogens is 355 g/mol. The number of nitrogens with two attached hydrogens (primary N) is 2. The van der Waals surface area contributed by atoms with Crippen molar-refractivity contribution >= 4 is 17.9 Å². The van der Waals surface area contributed by atoms with Gasteiger partial charge in [0.1, 0.15) is 17.8 Å². The summed E-state index contributed by atoms with van der Waals surface area (Å²) in [6.45, 7) is 1.23. The van der Waals surface area contributed by atoms with Crippen LogP contribution < -0.4 is 11.7 Å². The molecule has 0 aliphatic carbocycles. The van der Waals surface area contributed by atoms with Gasteiger partial charge in [0.05, 0.1) is 10.9 Å². The monoisotopic (exact) mass is 371 g/mol. The van der Waals surface area contributed by atoms with Crippen molar-refractivity contribution in [2.75, 3.05) is 6.54 Å². The van der Waals surface area contributed by atoms with E-state index >= 15 is 8.78 Å². The predicted octanol–water partition coefficient (Wildman–Crippen LogP) is 3.14. The number of aryl methyl sites for hydroxylation is 1. The van der Waals surface area contributed by atoms with Gasteiger partial charge in [0.25, 0.3) is 5.92 Å². The molecule has 0 aliphatic heterocycles. The van der Waals surface area contributed by atoms with E-state index in [-0.39, 0.29) is 10.6 Å². The highest BCUT2D eigenvalue weighted by Crippen LogP contribution is 2.42. The number of hydrogen-bond acceptors (Lipinski definition) is 4. The van der Waals surface area contributed by atoms with Crippen LogP contribution in [0.3, 0.4) is 0 Å². The van der Waals surface area contributed by atoms with E-state index in [2.05, 4.69) is 10.1 Å². The van der Waals surface area contributed by atoms with Gasteiger partial charge < -0.3 is 5.84 Å². The number of halogens is 4. The lowest BCUT2D eigenvalue weighted by atomic mass is 9.89. The maximum absolute atomic E-state index is 15.1. The third kappa shape index (κ3) is 4.40. The van der Waals surface area contributed by atoms with Gasteiger partial charge in [-0.05, 0) is 36.2 Å². The maximum Gasteiger partial charge on any atom is 0.298 e. The van der Waals surface area contributed by atoms with Gasteiger partial charge in [-0.25, -0.2) is 10.2 Å². The molecular formula is C16H17ClF3N5. The van der Waals surface area contributed by atoms with Crippen molar-refractivity contribution in [3.63, 3.8) is 0 Å². The molecule has 2 rings (SSSR count). The third-order valence-corrected chi connectivity index (χ3v) is 3.87. The Balaban J connectivity index is 2.50. The van der Waals surface area contributed by atoms with Gasteiger partial charge >= 0.3 is 0 Å². The summed E-state index contributed by atoms with van der Waals surface area (Å²) >= 11 is 5.70. The fourth-order valence-electron chi connectivity index (χ4n) is 2.42. The molecule has 0 amide bonds. The number of pyridine rings is 1. The van der Waals surface area contributed by atoms with Crippen LogP contribution in [-0.4, -0.2) is 22.9 Å². The zero-order chi connectivity index (χ0) is 18.6. The Morgan fingerprint density at radius 2 is 2.08 bits per heavy atom. The number of hydrogen-bond donors (Lipinski definition) is 2. The van der Waals surface area contributed by atoms with Gasteiger partial charge in [0, 0.05) is 12.7 Å². The fourth-order valence-corrected chi connectivity index (χ4v) is 2.53. The van der Waals surface area contributed by atoms with Crippen LogP contribution >= 0.6 is 11.6 Å². The highest BCUT2D eigenvalue weighted by Gasteiger charge is 2.45. The van der Waals surface area contributed by atoms with Gasteiger partial charge in [0.15, 0.2) is 0 Å². The summed E-state index contributed by atoms with van der Waals surface area (Å²) < 4.78 is 44.5. The smallest absolute Gasteiger partial charge is 0.298 e. The minimum atomic E-state index is -3.51. The molecule has 0 radical (unpaired) electrons. The SMILES string of the molecule is Cc1ccc(C(CN(N)/C=N\N)C(F)(F)c2ccc(Cl)cn2)c(F)c1. The minimum absolute atomic E-state index is 0.187. The highest BCUT2D eigenvalue weighted by atomic mass is 35.5. The number of benzene rings is 1. The summed E-state index contributed by atoms with van der Waals surface area (Å²) in [5.74, 6) is 4.71. The molecule has 1 aromatic heterocycles. The number of alkyl halides is 2. The molecule has 9 heteroatoms. The lowest BCUT2D eigenvalue weighted by Gasteiger charge is -2.29. The molecule has 25 heavy (non-hydrogen) atoms. The summed E-state index contributed by atoms with van der Waals surface area (Å²) in [5.41, 5.74) is -0.116. The second-order valence-electron chi connectivity index (χ2n) is 5.52. The number of rotatable bonds is 6. The van der Waals surface area contributed by atoms with Crippen molar-refractivity contribution < 1.29 is 13.2 Å². The maximum atomic E-state index is 15.1. The largest absolute Gasteiger partial charge is 0.322 e. The first-order valence-corrected chi connectivity index (χ1v) is 7.64. The van der Waals surface area contributed by atoms with Gasteiger partial charge in [-0.1, -0.05) is 23.7 Å². The molecule has 4 N–H and O–H groups in total. The van der Waals surface area contributed by atoms with Crippen LogP contribution in [0.2, 0.25) is 5.02 Å². The average molecular weight is 372 g/mol. The van der Waals surface area contributed by atoms with Crippen LogP contribution in [0.25, 0.3) is 0 Å². The number of aromatic nitrogens is 1. The quantitative estimate of drug-likeness (QED) is 0.354. The summed E-state index contributed by atoms with van der Waals surface area (Å²) in [6.07, 6.45) is 2.08. The second kappa shape index (κ2) is 7.71. The number of nitrogens with zero attached hydrogens (tertiary/aromatic N) is 3. The van der Waals surface area contributed by atoms with Crippen LogP contribution in [0.15, 0.2) is 41.6 Å². The number of hydrazone groups is 1. The lowest BCUT2D eigenvalue weighted by molar-refractivity contribution is -0.0442. The topological polar surface area (TPSA) is 80.5 Å². The van der Waals surface area contributed by atoms with Crippen LogP contribution in [-0.2, 0) is 5.92 Å². The van der Waals surface area contributed by atoms with Crippen molar-refractivity contribution in [2.24, 2.45) is 16.8 Å². The molecule has 0 saturated carbocycles. The average Bonchev–Trinajstić information content (AvgIpc) is 2.54. The first kappa shape index (κ1) is 19.0. The van der Waals surface area contributed by atoms with E-state index < -0.39 is 29.9 Å². The van der Waals surface area contributed by atoms with E-state index in [9.17, 15) is 4.39 Å². The van der Waals surface area contributed by atoms with Crippen LogP contribution in [0.1, 0.15) is 22.7 Å². The van der Waals surface area contributed by atoms with E-state index in [1.165, 1.54) is 18.2 Å². The van der Waals surface area contributed by atoms with E-state index in [4.69, 9.17) is 23.3 Å². The molecule has 2 aromatic rings. The highest BCUT2D eigenvalue weighted by molar-refractivity contribution is 6.30. The zero-order valence-electron chi connectivity index (χ0n) is 13.3. The Hall–Kier alpha value is -2.32. The Bertz CT molecular complexity index is 752. The molecule has 1 unspecified atom stereocenters. The molecule has 5 nitrogen and oxygen atoms in total. The fraction of sp³-hybridized carbons (Fsp3) is 0.250. The van der Waals surface area contributed by atoms with Gasteiger partial charge in [-0.15, -0.1) is 0 Å². The second-order valence-corrected chi connectivity index (χ2v) is 5.96. The Kier molecular flexibility index (Phi) is 5.86. The molecule has 1 atom stereocenters. The van der Waals surface area contributed by atoms with E-state index in [1.807, 2.05) is 0 Å². The Labute approximate surface area is 148 Å². The van der Waals surface area contributed by atoms with Crippen molar-refractivity contribution in [2.45, 2.75) is 18.8 Å². The standard InChI is InChI=1S/C16H17ClF3N5/c1-10-2-4-12(14(18)6-10)13(8-25(22)9-24-21)16(19,20)15-5-3-11(17)7-23-15/h2-7,9,13H,8,21-22H2,1H3/b24-9-. The third-order valence-electron chi connectivity index (χ3n) is 3.65. The van der Waals surface area contributed by atoms with Crippen LogP contribution in [0.4, 0.5) is 13.2 Å². The van der Waals surface area contributed by atoms with Crippen molar-refractivity contribution in [1.82, 2.24) is 9.99 Å². The Morgan fingerprint density at radius 1 is 1.36 bits per heavy atom. The summed E-state index contributed by atoms with van der Waals surface area (Å²) in [6, 6.07) is 6.44. The molecule has 1 aromatic carbocycles. The molecule has 134 valence electrons. The molecule has 0 spiro atoms. The molecule has 1 heterocycles. The van der Waals surface area contributed by atoms with E-state index in [1.54, 1.807) is 13.0 Å². The predicted molar refractivity (Wildman–Crippen MR) is 90.6 cm³/mol. The van der Waals surface area contributed by atoms with E-state index in [0.29, 0.717) is 5.56 Å². The first-order valence-electron chi connectivity index (χ1n) is 7.26. The molecule has 0 aliphatic rings. The molecule has 0 bridgehead atoms. The van der Waals surface area contributed by atoms with E-state index in [0.717, 1.165) is 23.6 Å². The Morgan fingerprint density at radius 3 is 2.64 bits per heavy atom. The summed E-state index contributed by atoms with van der Waals surface area (Å²) in [5, 5.41) is 4.27. The zero-order valence-corrected chi connectivity index (χ0v) is 14.1. The molecule has 0 fully saturated rings. The lowest BCUT2D eigenvalue weighted by Crippen LogP contribution is -2.40. The van der Waals surface area contributed by atoms with Gasteiger partial charge in [0.2, 0.25) is 0 Å².